The van der Waals surface area contributed by atoms with Gasteiger partial charge in [0.2, 0.25) is 0 Å². The lowest BCUT2D eigenvalue weighted by Crippen LogP contribution is -2.21. The van der Waals surface area contributed by atoms with E-state index < -0.39 is 0 Å². The summed E-state index contributed by atoms with van der Waals surface area (Å²) in [5.41, 5.74) is 7.80. The molecule has 206 valence electrons. The van der Waals surface area contributed by atoms with Gasteiger partial charge < -0.3 is 15.0 Å². The first kappa shape index (κ1) is 28.7. The molecule has 1 N–H and O–H groups in total. The van der Waals surface area contributed by atoms with E-state index in [1.807, 2.05) is 0 Å². The van der Waals surface area contributed by atoms with E-state index in [-0.39, 0.29) is 5.92 Å². The third-order valence-corrected chi connectivity index (χ3v) is 7.92. The predicted octanol–water partition coefficient (Wildman–Crippen LogP) is 9.04. The van der Waals surface area contributed by atoms with Crippen LogP contribution < -0.4 is 10.2 Å². The highest BCUT2D eigenvalue weighted by atomic mass is 16.5. The highest BCUT2D eigenvalue weighted by molar-refractivity contribution is 5.97. The first-order valence-electron chi connectivity index (χ1n) is 14.7. The fourth-order valence-corrected chi connectivity index (χ4v) is 5.71. The number of aryl methyl sites for hydroxylation is 1. The second-order valence-corrected chi connectivity index (χ2v) is 10.8. The van der Waals surface area contributed by atoms with Crippen molar-refractivity contribution < 1.29 is 4.74 Å². The summed E-state index contributed by atoms with van der Waals surface area (Å²) in [6.07, 6.45) is 3.59. The third-order valence-electron chi connectivity index (χ3n) is 7.92. The van der Waals surface area contributed by atoms with E-state index in [9.17, 15) is 0 Å². The number of hydrogen-bond acceptors (Lipinski definition) is 3. The van der Waals surface area contributed by atoms with Gasteiger partial charge in [-0.05, 0) is 79.8 Å². The van der Waals surface area contributed by atoms with E-state index >= 15 is 0 Å². The first-order chi connectivity index (χ1) is 19.0. The Hall–Kier alpha value is -3.30. The van der Waals surface area contributed by atoms with E-state index in [4.69, 9.17) is 4.74 Å². The maximum absolute atomic E-state index is 5.29. The number of hydrogen-bond donors (Lipinski definition) is 1. The fourth-order valence-electron chi connectivity index (χ4n) is 5.71. The number of rotatable bonds is 14. The zero-order chi connectivity index (χ0) is 27.6. The summed E-state index contributed by atoms with van der Waals surface area (Å²) in [6.45, 7) is 12.7. The quantitative estimate of drug-likeness (QED) is 0.132. The summed E-state index contributed by atoms with van der Waals surface area (Å²) in [6, 6.07) is 31.8. The summed E-state index contributed by atoms with van der Waals surface area (Å²) in [5, 5.41) is 6.35. The second kappa shape index (κ2) is 14.2. The van der Waals surface area contributed by atoms with Crippen molar-refractivity contribution in [1.29, 1.82) is 0 Å². The lowest BCUT2D eigenvalue weighted by molar-refractivity contribution is 0.154. The van der Waals surface area contributed by atoms with Crippen LogP contribution in [0.3, 0.4) is 0 Å². The molecule has 4 rings (SSSR count). The Kier molecular flexibility index (Phi) is 10.4. The number of nitrogens with zero attached hydrogens (tertiary/aromatic N) is 1. The van der Waals surface area contributed by atoms with Gasteiger partial charge in [-0.15, -0.1) is 0 Å². The molecule has 4 aromatic carbocycles. The second-order valence-electron chi connectivity index (χ2n) is 10.8. The standard InChI is InChI=1S/C36H46N2O/c1-6-38(7-2)31-21-19-30(20-22-31)36(29-17-15-27(3)16-18-29)34-23-24-35(33-14-9-8-13-32(33)34)37-25-11-10-12-28(4)26-39-5/h8-9,13-24,28,36-37H,6-7,10-12,25-26H2,1-5H3. The van der Waals surface area contributed by atoms with Crippen LogP contribution in [0.15, 0.2) is 84.9 Å². The number of fused-ring (bicyclic) bond motifs is 1. The van der Waals surface area contributed by atoms with Crippen LogP contribution in [0.2, 0.25) is 0 Å². The van der Waals surface area contributed by atoms with E-state index in [1.54, 1.807) is 7.11 Å². The number of unbranched alkanes of at least 4 members (excludes halogenated alkanes) is 1. The van der Waals surface area contributed by atoms with Gasteiger partial charge in [-0.25, -0.2) is 0 Å². The van der Waals surface area contributed by atoms with Gasteiger partial charge in [0.15, 0.2) is 0 Å². The smallest absolute Gasteiger partial charge is 0.0487 e. The van der Waals surface area contributed by atoms with E-state index in [0.29, 0.717) is 5.92 Å². The van der Waals surface area contributed by atoms with Crippen LogP contribution in [0, 0.1) is 12.8 Å². The Bertz CT molecular complexity index is 1290. The summed E-state index contributed by atoms with van der Waals surface area (Å²) < 4.78 is 5.29. The summed E-state index contributed by atoms with van der Waals surface area (Å²) in [5.74, 6) is 0.785. The van der Waals surface area contributed by atoms with Gasteiger partial charge in [-0.3, -0.25) is 0 Å². The van der Waals surface area contributed by atoms with Crippen molar-refractivity contribution in [2.45, 2.75) is 52.9 Å². The Labute approximate surface area is 236 Å². The molecule has 0 spiro atoms. The number of methoxy groups -OCH3 is 1. The monoisotopic (exact) mass is 522 g/mol. The molecule has 0 heterocycles. The minimum atomic E-state index is 0.164. The molecule has 0 radical (unpaired) electrons. The zero-order valence-corrected chi connectivity index (χ0v) is 24.5. The van der Waals surface area contributed by atoms with E-state index in [0.717, 1.165) is 32.7 Å². The van der Waals surface area contributed by atoms with Gasteiger partial charge in [0.05, 0.1) is 0 Å². The number of benzene rings is 4. The van der Waals surface area contributed by atoms with Crippen molar-refractivity contribution in [3.05, 3.63) is 107 Å². The van der Waals surface area contributed by atoms with E-state index in [1.165, 1.54) is 57.2 Å². The molecule has 0 amide bonds. The van der Waals surface area contributed by atoms with Gasteiger partial charge in [0, 0.05) is 56.0 Å². The maximum atomic E-state index is 5.29. The van der Waals surface area contributed by atoms with Crippen molar-refractivity contribution in [2.24, 2.45) is 5.92 Å². The van der Waals surface area contributed by atoms with E-state index in [2.05, 4.69) is 123 Å². The largest absolute Gasteiger partial charge is 0.385 e. The van der Waals surface area contributed by atoms with Crippen molar-refractivity contribution in [2.75, 3.05) is 43.6 Å². The molecule has 2 unspecified atom stereocenters. The molecule has 0 aromatic heterocycles. The first-order valence-corrected chi connectivity index (χ1v) is 14.7. The molecule has 2 atom stereocenters. The Balaban J connectivity index is 1.65. The molecule has 0 aliphatic heterocycles. The SMILES string of the molecule is CCN(CC)c1ccc(C(c2ccc(C)cc2)c2ccc(NCCCCC(C)COC)c3ccccc23)cc1. The summed E-state index contributed by atoms with van der Waals surface area (Å²) >= 11 is 0. The van der Waals surface area contributed by atoms with Gasteiger partial charge in [0.1, 0.15) is 0 Å². The highest BCUT2D eigenvalue weighted by Crippen LogP contribution is 2.39. The summed E-state index contributed by atoms with van der Waals surface area (Å²) in [4.78, 5) is 2.40. The zero-order valence-electron chi connectivity index (χ0n) is 24.5. The van der Waals surface area contributed by atoms with Crippen molar-refractivity contribution in [3.63, 3.8) is 0 Å². The van der Waals surface area contributed by atoms with Crippen LogP contribution in [-0.4, -0.2) is 33.4 Å². The Morgan fingerprint density at radius 2 is 1.41 bits per heavy atom. The van der Waals surface area contributed by atoms with Gasteiger partial charge in [0.25, 0.3) is 0 Å². The highest BCUT2D eigenvalue weighted by Gasteiger charge is 2.20. The lowest BCUT2D eigenvalue weighted by Gasteiger charge is -2.25. The van der Waals surface area contributed by atoms with Crippen molar-refractivity contribution in [1.82, 2.24) is 0 Å². The van der Waals surface area contributed by atoms with Crippen molar-refractivity contribution >= 4 is 22.1 Å². The van der Waals surface area contributed by atoms with Crippen LogP contribution in [0.4, 0.5) is 11.4 Å². The van der Waals surface area contributed by atoms with Gasteiger partial charge in [-0.2, -0.15) is 0 Å². The van der Waals surface area contributed by atoms with Crippen LogP contribution in [0.25, 0.3) is 10.8 Å². The molecule has 0 aliphatic rings. The molecule has 3 heteroatoms. The minimum Gasteiger partial charge on any atom is -0.385 e. The third kappa shape index (κ3) is 7.22. The lowest BCUT2D eigenvalue weighted by atomic mass is 9.82. The molecule has 0 aliphatic carbocycles. The Morgan fingerprint density at radius 3 is 2.05 bits per heavy atom. The number of ether oxygens (including phenoxy) is 1. The number of nitrogens with one attached hydrogen (secondary N) is 1. The van der Waals surface area contributed by atoms with Crippen LogP contribution in [-0.2, 0) is 4.74 Å². The maximum Gasteiger partial charge on any atom is 0.0487 e. The summed E-state index contributed by atoms with van der Waals surface area (Å²) in [7, 11) is 1.79. The van der Waals surface area contributed by atoms with Crippen molar-refractivity contribution in [3.8, 4) is 0 Å². The molecule has 3 nitrogen and oxygen atoms in total. The van der Waals surface area contributed by atoms with Crippen LogP contribution in [0.5, 0.6) is 0 Å². The molecule has 0 saturated carbocycles. The van der Waals surface area contributed by atoms with Crippen LogP contribution in [0.1, 0.15) is 68.2 Å². The molecular formula is C36H46N2O. The minimum absolute atomic E-state index is 0.164. The molecular weight excluding hydrogens is 476 g/mol. The van der Waals surface area contributed by atoms with Gasteiger partial charge in [-0.1, -0.05) is 85.6 Å². The van der Waals surface area contributed by atoms with Gasteiger partial charge >= 0.3 is 0 Å². The van der Waals surface area contributed by atoms with Crippen LogP contribution >= 0.6 is 0 Å². The molecule has 0 bridgehead atoms. The number of anilines is 2. The molecule has 0 fully saturated rings. The fraction of sp³-hybridized carbons (Fsp3) is 0.389. The predicted molar refractivity (Wildman–Crippen MR) is 169 cm³/mol. The average molecular weight is 523 g/mol. The normalized spacial score (nSPS) is 12.8. The molecule has 39 heavy (non-hydrogen) atoms. The average Bonchev–Trinajstić information content (AvgIpc) is 2.96. The Morgan fingerprint density at radius 1 is 0.769 bits per heavy atom. The molecule has 4 aromatic rings. The molecule has 0 saturated heterocycles. The topological polar surface area (TPSA) is 24.5 Å².